The lowest BCUT2D eigenvalue weighted by atomic mass is 10.2. The van der Waals surface area contributed by atoms with Crippen molar-refractivity contribution >= 4 is 11.6 Å². The largest absolute Gasteiger partial charge is 0.497 e. The molecule has 2 rings (SSSR count). The third-order valence-corrected chi connectivity index (χ3v) is 2.92. The molecule has 2 aromatic rings. The second-order valence-corrected chi connectivity index (χ2v) is 4.21. The predicted molar refractivity (Wildman–Crippen MR) is 77.9 cm³/mol. The molecule has 0 spiro atoms. The van der Waals surface area contributed by atoms with Gasteiger partial charge in [-0.3, -0.25) is 9.78 Å². The van der Waals surface area contributed by atoms with Crippen LogP contribution in [0.1, 0.15) is 15.9 Å². The number of hydrogen-bond acceptors (Lipinski definition) is 4. The highest BCUT2D eigenvalue weighted by atomic mass is 16.5. The number of carbonyl (C=O) groups is 1. The number of carbonyl (C=O) groups excluding carboxylic acids is 1. The molecule has 20 heavy (non-hydrogen) atoms. The highest BCUT2D eigenvalue weighted by Gasteiger charge is 2.10. The number of ether oxygens (including phenoxy) is 1. The van der Waals surface area contributed by atoms with E-state index in [2.05, 4.69) is 15.6 Å². The third kappa shape index (κ3) is 3.26. The van der Waals surface area contributed by atoms with E-state index in [0.717, 1.165) is 17.0 Å². The number of aromatic nitrogens is 1. The highest BCUT2D eigenvalue weighted by Crippen LogP contribution is 2.14. The van der Waals surface area contributed by atoms with E-state index in [9.17, 15) is 4.79 Å². The molecule has 0 saturated heterocycles. The van der Waals surface area contributed by atoms with Gasteiger partial charge in [-0.05, 0) is 23.8 Å². The fourth-order valence-electron chi connectivity index (χ4n) is 1.85. The van der Waals surface area contributed by atoms with Gasteiger partial charge in [0.05, 0.1) is 12.7 Å². The van der Waals surface area contributed by atoms with Gasteiger partial charge in [-0.25, -0.2) is 0 Å². The third-order valence-electron chi connectivity index (χ3n) is 2.92. The number of hydrogen-bond donors (Lipinski definition) is 2. The van der Waals surface area contributed by atoms with E-state index in [1.165, 1.54) is 0 Å². The SMILES string of the molecule is CNc1ccncc1C(=O)NCc1cccc(OC)c1. The monoisotopic (exact) mass is 271 g/mol. The first-order valence-corrected chi connectivity index (χ1v) is 6.27. The van der Waals surface area contributed by atoms with Crippen molar-refractivity contribution < 1.29 is 9.53 Å². The maximum atomic E-state index is 12.1. The van der Waals surface area contributed by atoms with E-state index in [1.807, 2.05) is 24.3 Å². The van der Waals surface area contributed by atoms with Gasteiger partial charge in [0.25, 0.3) is 5.91 Å². The first-order valence-electron chi connectivity index (χ1n) is 6.27. The average Bonchev–Trinajstić information content (AvgIpc) is 2.52. The Morgan fingerprint density at radius 2 is 2.20 bits per heavy atom. The summed E-state index contributed by atoms with van der Waals surface area (Å²) < 4.78 is 5.15. The van der Waals surface area contributed by atoms with Crippen LogP contribution >= 0.6 is 0 Å². The second-order valence-electron chi connectivity index (χ2n) is 4.21. The van der Waals surface area contributed by atoms with E-state index in [0.29, 0.717) is 12.1 Å². The van der Waals surface area contributed by atoms with E-state index in [4.69, 9.17) is 4.74 Å². The molecule has 104 valence electrons. The van der Waals surface area contributed by atoms with Gasteiger partial charge in [0.2, 0.25) is 0 Å². The number of anilines is 1. The summed E-state index contributed by atoms with van der Waals surface area (Å²) in [4.78, 5) is 16.1. The van der Waals surface area contributed by atoms with Gasteiger partial charge in [0.1, 0.15) is 5.75 Å². The van der Waals surface area contributed by atoms with Gasteiger partial charge >= 0.3 is 0 Å². The molecular formula is C15H17N3O2. The van der Waals surface area contributed by atoms with Gasteiger partial charge in [-0.15, -0.1) is 0 Å². The Bertz CT molecular complexity index is 599. The van der Waals surface area contributed by atoms with Crippen molar-refractivity contribution in [1.82, 2.24) is 10.3 Å². The molecule has 1 amide bonds. The molecule has 0 saturated carbocycles. The number of nitrogens with one attached hydrogen (secondary N) is 2. The minimum Gasteiger partial charge on any atom is -0.497 e. The quantitative estimate of drug-likeness (QED) is 0.873. The number of benzene rings is 1. The molecule has 5 nitrogen and oxygen atoms in total. The molecule has 5 heteroatoms. The van der Waals surface area contributed by atoms with Crippen LogP contribution in [0, 0.1) is 0 Å². The fourth-order valence-corrected chi connectivity index (χ4v) is 1.85. The zero-order valence-corrected chi connectivity index (χ0v) is 11.5. The maximum absolute atomic E-state index is 12.1. The molecule has 0 atom stereocenters. The van der Waals surface area contributed by atoms with Gasteiger partial charge in [0, 0.05) is 31.7 Å². The maximum Gasteiger partial charge on any atom is 0.255 e. The van der Waals surface area contributed by atoms with Gasteiger partial charge in [-0.2, -0.15) is 0 Å². The average molecular weight is 271 g/mol. The van der Waals surface area contributed by atoms with Crippen molar-refractivity contribution in [3.63, 3.8) is 0 Å². The molecule has 0 radical (unpaired) electrons. The molecule has 0 bridgehead atoms. The van der Waals surface area contributed by atoms with Crippen LogP contribution in [-0.4, -0.2) is 25.0 Å². The van der Waals surface area contributed by atoms with E-state index >= 15 is 0 Å². The van der Waals surface area contributed by atoms with E-state index in [1.54, 1.807) is 32.6 Å². The van der Waals surface area contributed by atoms with Crippen LogP contribution < -0.4 is 15.4 Å². The smallest absolute Gasteiger partial charge is 0.255 e. The van der Waals surface area contributed by atoms with Crippen molar-refractivity contribution in [3.05, 3.63) is 53.9 Å². The summed E-state index contributed by atoms with van der Waals surface area (Å²) in [5.41, 5.74) is 2.26. The molecule has 0 aliphatic rings. The van der Waals surface area contributed by atoms with Crippen molar-refractivity contribution in [3.8, 4) is 5.75 Å². The van der Waals surface area contributed by atoms with Gasteiger partial charge in [-0.1, -0.05) is 12.1 Å². The van der Waals surface area contributed by atoms with Crippen molar-refractivity contribution in [1.29, 1.82) is 0 Å². The van der Waals surface area contributed by atoms with Crippen LogP contribution in [0.25, 0.3) is 0 Å². The molecule has 1 aromatic carbocycles. The summed E-state index contributed by atoms with van der Waals surface area (Å²) in [6, 6.07) is 9.35. The minimum absolute atomic E-state index is 0.162. The Hall–Kier alpha value is -2.56. The molecule has 0 aliphatic heterocycles. The summed E-state index contributed by atoms with van der Waals surface area (Å²) in [5, 5.41) is 5.84. The Morgan fingerprint density at radius 1 is 1.35 bits per heavy atom. The topological polar surface area (TPSA) is 63.2 Å². The first kappa shape index (κ1) is 13.9. The minimum atomic E-state index is -0.162. The summed E-state index contributed by atoms with van der Waals surface area (Å²) in [6.07, 6.45) is 3.19. The zero-order valence-electron chi connectivity index (χ0n) is 11.5. The zero-order chi connectivity index (χ0) is 14.4. The molecular weight excluding hydrogens is 254 g/mol. The molecule has 1 heterocycles. The standard InChI is InChI=1S/C15H17N3O2/c1-16-14-6-7-17-10-13(14)15(19)18-9-11-4-3-5-12(8-11)20-2/h3-8,10H,9H2,1-2H3,(H,16,17)(H,18,19). The van der Waals surface area contributed by atoms with Crippen LogP contribution in [0.4, 0.5) is 5.69 Å². The predicted octanol–water partition coefficient (Wildman–Crippen LogP) is 2.06. The summed E-state index contributed by atoms with van der Waals surface area (Å²) in [6.45, 7) is 0.439. The Kier molecular flexibility index (Phi) is 4.55. The number of rotatable bonds is 5. The summed E-state index contributed by atoms with van der Waals surface area (Å²) >= 11 is 0. The Morgan fingerprint density at radius 3 is 2.95 bits per heavy atom. The molecule has 0 aliphatic carbocycles. The molecule has 1 aromatic heterocycles. The molecule has 0 fully saturated rings. The number of amides is 1. The van der Waals surface area contributed by atoms with Crippen molar-refractivity contribution in [2.75, 3.05) is 19.5 Å². The Labute approximate surface area is 118 Å². The lowest BCUT2D eigenvalue weighted by Gasteiger charge is -2.09. The molecule has 2 N–H and O–H groups in total. The lowest BCUT2D eigenvalue weighted by molar-refractivity contribution is 0.0951. The lowest BCUT2D eigenvalue weighted by Crippen LogP contribution is -2.23. The number of nitrogens with zero attached hydrogens (tertiary/aromatic N) is 1. The van der Waals surface area contributed by atoms with E-state index < -0.39 is 0 Å². The van der Waals surface area contributed by atoms with Crippen LogP contribution in [0.15, 0.2) is 42.7 Å². The fraction of sp³-hybridized carbons (Fsp3) is 0.200. The first-order chi connectivity index (χ1) is 9.74. The number of methoxy groups -OCH3 is 1. The van der Waals surface area contributed by atoms with Crippen LogP contribution in [-0.2, 0) is 6.54 Å². The highest BCUT2D eigenvalue weighted by molar-refractivity contribution is 5.99. The van der Waals surface area contributed by atoms with Crippen molar-refractivity contribution in [2.24, 2.45) is 0 Å². The molecule has 0 unspecified atom stereocenters. The van der Waals surface area contributed by atoms with Crippen LogP contribution in [0.3, 0.4) is 0 Å². The normalized spacial score (nSPS) is 9.90. The van der Waals surface area contributed by atoms with Gasteiger partial charge < -0.3 is 15.4 Å². The van der Waals surface area contributed by atoms with E-state index in [-0.39, 0.29) is 5.91 Å². The Balaban J connectivity index is 2.04. The summed E-state index contributed by atoms with van der Waals surface area (Å²) in [5.74, 6) is 0.610. The van der Waals surface area contributed by atoms with Crippen LogP contribution in [0.5, 0.6) is 5.75 Å². The second kappa shape index (κ2) is 6.56. The van der Waals surface area contributed by atoms with Crippen LogP contribution in [0.2, 0.25) is 0 Å². The van der Waals surface area contributed by atoms with Gasteiger partial charge in [0.15, 0.2) is 0 Å². The number of pyridine rings is 1. The summed E-state index contributed by atoms with van der Waals surface area (Å²) in [7, 11) is 3.39. The van der Waals surface area contributed by atoms with Crippen molar-refractivity contribution in [2.45, 2.75) is 6.54 Å².